The van der Waals surface area contributed by atoms with Crippen molar-refractivity contribution in [3.63, 3.8) is 0 Å². The molecule has 7 heteroatoms. The van der Waals surface area contributed by atoms with Crippen molar-refractivity contribution in [2.75, 3.05) is 17.1 Å². The molecule has 2 fully saturated rings. The van der Waals surface area contributed by atoms with Gasteiger partial charge in [0, 0.05) is 0 Å². The average molecular weight is 479 g/mol. The molecule has 5 rings (SSSR count). The summed E-state index contributed by atoms with van der Waals surface area (Å²) in [7, 11) is 1.60. The zero-order chi connectivity index (χ0) is 21.5. The topological polar surface area (TPSA) is 59.1 Å². The molecule has 0 aromatic heterocycles. The third-order valence-electron chi connectivity index (χ3n) is 5.66. The molecule has 2 saturated heterocycles. The first-order chi connectivity index (χ1) is 15.1. The van der Waals surface area contributed by atoms with E-state index in [1.54, 1.807) is 36.4 Å². The number of rotatable bonds is 4. The summed E-state index contributed by atoms with van der Waals surface area (Å²) in [6.45, 7) is 0. The maximum absolute atomic E-state index is 13.5. The van der Waals surface area contributed by atoms with Crippen molar-refractivity contribution in [3.05, 3.63) is 88.9 Å². The van der Waals surface area contributed by atoms with Crippen LogP contribution in [-0.2, 0) is 14.4 Å². The van der Waals surface area contributed by atoms with Crippen molar-refractivity contribution in [1.29, 1.82) is 0 Å². The van der Waals surface area contributed by atoms with Crippen LogP contribution in [0.4, 0.5) is 11.4 Å². The summed E-state index contributed by atoms with van der Waals surface area (Å²) in [6.07, 6.45) is -0.890. The highest BCUT2D eigenvalue weighted by Crippen LogP contribution is 2.48. The molecule has 156 valence electrons. The molecule has 0 radical (unpaired) electrons. The van der Waals surface area contributed by atoms with E-state index in [0.717, 1.165) is 15.7 Å². The number of amides is 2. The Morgan fingerprint density at radius 3 is 2.13 bits per heavy atom. The van der Waals surface area contributed by atoms with Gasteiger partial charge in [-0.15, -0.1) is 0 Å². The van der Waals surface area contributed by atoms with Gasteiger partial charge >= 0.3 is 0 Å². The number of nitrogens with zero attached hydrogens (tertiary/aromatic N) is 2. The predicted octanol–water partition coefficient (Wildman–Crippen LogP) is 4.51. The van der Waals surface area contributed by atoms with E-state index >= 15 is 0 Å². The van der Waals surface area contributed by atoms with Gasteiger partial charge in [-0.1, -0.05) is 42.5 Å². The zero-order valence-electron chi connectivity index (χ0n) is 16.6. The minimum atomic E-state index is -0.890. The molecular formula is C24H19BrN2O4. The lowest BCUT2D eigenvalue weighted by atomic mass is 9.90. The molecule has 3 unspecified atom stereocenters. The number of imide groups is 1. The van der Waals surface area contributed by atoms with Crippen molar-refractivity contribution in [2.24, 2.45) is 5.92 Å². The van der Waals surface area contributed by atoms with Crippen LogP contribution >= 0.6 is 15.9 Å². The van der Waals surface area contributed by atoms with Gasteiger partial charge in [-0.2, -0.15) is 0 Å². The van der Waals surface area contributed by atoms with Gasteiger partial charge in [0.05, 0.1) is 29.0 Å². The fourth-order valence-corrected chi connectivity index (χ4v) is 4.81. The monoisotopic (exact) mass is 478 g/mol. The van der Waals surface area contributed by atoms with Crippen LogP contribution in [0.25, 0.3) is 0 Å². The molecular weight excluding hydrogens is 460 g/mol. The normalized spacial score (nSPS) is 22.7. The van der Waals surface area contributed by atoms with Crippen LogP contribution in [-0.4, -0.2) is 25.0 Å². The van der Waals surface area contributed by atoms with Crippen molar-refractivity contribution < 1.29 is 19.2 Å². The van der Waals surface area contributed by atoms with Crippen molar-refractivity contribution >= 4 is 39.1 Å². The number of halogens is 1. The minimum Gasteiger partial charge on any atom is -0.496 e. The molecule has 0 saturated carbocycles. The molecule has 0 aliphatic carbocycles. The van der Waals surface area contributed by atoms with E-state index in [1.165, 1.54) is 4.90 Å². The first-order valence-corrected chi connectivity index (χ1v) is 10.7. The fraction of sp³-hybridized carbons (Fsp3) is 0.167. The Balaban J connectivity index is 1.60. The Labute approximate surface area is 188 Å². The number of methoxy groups -OCH3 is 1. The highest BCUT2D eigenvalue weighted by Gasteiger charge is 2.60. The first-order valence-electron chi connectivity index (χ1n) is 9.87. The van der Waals surface area contributed by atoms with E-state index < -0.39 is 18.1 Å². The number of hydrogen-bond donors (Lipinski definition) is 0. The van der Waals surface area contributed by atoms with Gasteiger partial charge in [0.1, 0.15) is 11.7 Å². The number of fused-ring (bicyclic) bond motifs is 1. The highest BCUT2D eigenvalue weighted by molar-refractivity contribution is 9.10. The number of hydroxylamine groups is 1. The van der Waals surface area contributed by atoms with Crippen LogP contribution in [0.3, 0.4) is 0 Å². The second-order valence-electron chi connectivity index (χ2n) is 7.40. The first kappa shape index (κ1) is 19.8. The van der Waals surface area contributed by atoms with Crippen LogP contribution in [0, 0.1) is 5.92 Å². The second-order valence-corrected chi connectivity index (χ2v) is 8.25. The van der Waals surface area contributed by atoms with Crippen LogP contribution in [0.2, 0.25) is 0 Å². The largest absolute Gasteiger partial charge is 0.496 e. The average Bonchev–Trinajstić information content (AvgIpc) is 3.31. The standard InChI is InChI=1S/C24H19BrN2O4/c1-30-19-13-12-15(14-18(19)25)21-20-22(31-27(21)17-10-6-3-7-11-17)24(29)26(23(20)28)16-8-4-2-5-9-16/h2-14,20-22H,1H3. The molecule has 2 aliphatic rings. The highest BCUT2D eigenvalue weighted by atomic mass is 79.9. The number of hydrogen-bond acceptors (Lipinski definition) is 5. The number of para-hydroxylation sites is 2. The molecule has 3 atom stereocenters. The summed E-state index contributed by atoms with van der Waals surface area (Å²) < 4.78 is 6.12. The molecule has 6 nitrogen and oxygen atoms in total. The van der Waals surface area contributed by atoms with Gasteiger partial charge < -0.3 is 4.74 Å². The number of benzene rings is 3. The van der Waals surface area contributed by atoms with E-state index in [-0.39, 0.29) is 11.8 Å². The maximum atomic E-state index is 13.5. The quantitative estimate of drug-likeness (QED) is 0.516. The molecule has 2 amide bonds. The lowest BCUT2D eigenvalue weighted by molar-refractivity contribution is -0.126. The minimum absolute atomic E-state index is 0.267. The zero-order valence-corrected chi connectivity index (χ0v) is 18.2. The predicted molar refractivity (Wildman–Crippen MR) is 120 cm³/mol. The lowest BCUT2D eigenvalue weighted by Gasteiger charge is -2.29. The number of carbonyl (C=O) groups is 2. The van der Waals surface area contributed by atoms with Crippen molar-refractivity contribution in [1.82, 2.24) is 0 Å². The molecule has 0 spiro atoms. The van der Waals surface area contributed by atoms with Crippen LogP contribution in [0.1, 0.15) is 11.6 Å². The summed E-state index contributed by atoms with van der Waals surface area (Å²) in [5.74, 6) is -0.604. The van der Waals surface area contributed by atoms with Gasteiger partial charge in [0.25, 0.3) is 5.91 Å². The summed E-state index contributed by atoms with van der Waals surface area (Å²) in [6, 6.07) is 23.6. The molecule has 3 aromatic carbocycles. The number of ether oxygens (including phenoxy) is 1. The molecule has 2 aliphatic heterocycles. The van der Waals surface area contributed by atoms with Crippen LogP contribution < -0.4 is 14.7 Å². The fourth-order valence-electron chi connectivity index (χ4n) is 4.25. The van der Waals surface area contributed by atoms with Crippen molar-refractivity contribution in [2.45, 2.75) is 12.1 Å². The Bertz CT molecular complexity index is 1140. The van der Waals surface area contributed by atoms with Gasteiger partial charge in [-0.3, -0.25) is 14.4 Å². The Kier molecular flexibility index (Phi) is 5.00. The van der Waals surface area contributed by atoms with Crippen LogP contribution in [0.15, 0.2) is 83.3 Å². The molecule has 2 heterocycles. The molecule has 3 aromatic rings. The van der Waals surface area contributed by atoms with E-state index in [4.69, 9.17) is 9.57 Å². The molecule has 0 bridgehead atoms. The third kappa shape index (κ3) is 3.21. The smallest absolute Gasteiger partial charge is 0.266 e. The van der Waals surface area contributed by atoms with E-state index in [0.29, 0.717) is 11.4 Å². The summed E-state index contributed by atoms with van der Waals surface area (Å²) in [5, 5.41) is 1.68. The maximum Gasteiger partial charge on any atom is 0.266 e. The Hall–Kier alpha value is -3.16. The lowest BCUT2D eigenvalue weighted by Crippen LogP contribution is -2.37. The Morgan fingerprint density at radius 2 is 1.52 bits per heavy atom. The van der Waals surface area contributed by atoms with Gasteiger partial charge in [0.15, 0.2) is 6.10 Å². The SMILES string of the molecule is COc1ccc(C2C3C(=O)N(c4ccccc4)C(=O)C3ON2c2ccccc2)cc1Br. The van der Waals surface area contributed by atoms with E-state index in [9.17, 15) is 9.59 Å². The number of carbonyl (C=O) groups excluding carboxylic acids is 2. The summed E-state index contributed by atoms with van der Waals surface area (Å²) in [4.78, 5) is 34.2. The molecule has 31 heavy (non-hydrogen) atoms. The third-order valence-corrected chi connectivity index (χ3v) is 6.28. The summed E-state index contributed by atoms with van der Waals surface area (Å²) >= 11 is 3.53. The van der Waals surface area contributed by atoms with Gasteiger partial charge in [-0.05, 0) is 57.9 Å². The van der Waals surface area contributed by atoms with E-state index in [1.807, 2.05) is 54.6 Å². The van der Waals surface area contributed by atoms with Gasteiger partial charge in [-0.25, -0.2) is 9.96 Å². The Morgan fingerprint density at radius 1 is 0.871 bits per heavy atom. The summed E-state index contributed by atoms with van der Waals surface area (Å²) in [5.41, 5.74) is 2.18. The van der Waals surface area contributed by atoms with Crippen molar-refractivity contribution in [3.8, 4) is 5.75 Å². The van der Waals surface area contributed by atoms with Gasteiger partial charge in [0.2, 0.25) is 5.91 Å². The van der Waals surface area contributed by atoms with Crippen LogP contribution in [0.5, 0.6) is 5.75 Å². The van der Waals surface area contributed by atoms with E-state index in [2.05, 4.69) is 15.9 Å². The second kappa shape index (κ2) is 7.83. The number of anilines is 2. The molecule has 0 N–H and O–H groups in total.